The third kappa shape index (κ3) is 4.89. The summed E-state index contributed by atoms with van der Waals surface area (Å²) in [6.07, 6.45) is 1.47. The highest BCUT2D eigenvalue weighted by Crippen LogP contribution is 2.31. The van der Waals surface area contributed by atoms with E-state index in [-0.39, 0.29) is 29.5 Å². The van der Waals surface area contributed by atoms with E-state index >= 15 is 0 Å². The number of imidazole rings is 1. The van der Waals surface area contributed by atoms with E-state index in [2.05, 4.69) is 14.6 Å². The van der Waals surface area contributed by atoms with Gasteiger partial charge in [-0.15, -0.1) is 0 Å². The van der Waals surface area contributed by atoms with Crippen molar-refractivity contribution in [3.8, 4) is 5.69 Å². The Kier molecular flexibility index (Phi) is 7.46. The number of likely N-dealkylation sites (N-methyl/N-ethyl adjacent to an activating group) is 1. The molecule has 0 aliphatic carbocycles. The Morgan fingerprint density at radius 1 is 1.18 bits per heavy atom. The Morgan fingerprint density at radius 3 is 2.45 bits per heavy atom. The molecule has 4 rings (SSSR count). The highest BCUT2D eigenvalue weighted by Gasteiger charge is 2.37. The van der Waals surface area contributed by atoms with Crippen molar-refractivity contribution in [1.82, 2.24) is 23.7 Å². The van der Waals surface area contributed by atoms with E-state index in [0.717, 1.165) is 17.4 Å². The molecule has 3 heterocycles. The zero-order valence-corrected chi connectivity index (χ0v) is 19.1. The number of carboxylic acid groups (broad SMARTS) is 1. The van der Waals surface area contributed by atoms with E-state index in [1.165, 1.54) is 19.5 Å². The van der Waals surface area contributed by atoms with Gasteiger partial charge in [-0.05, 0) is 19.2 Å². The number of sulfonamides is 1. The largest absolute Gasteiger partial charge is 0.483 e. The van der Waals surface area contributed by atoms with Crippen LogP contribution in [0.15, 0.2) is 35.5 Å². The van der Waals surface area contributed by atoms with Crippen molar-refractivity contribution < 1.29 is 32.6 Å². The van der Waals surface area contributed by atoms with Crippen LogP contribution in [0.2, 0.25) is 0 Å². The van der Waals surface area contributed by atoms with Gasteiger partial charge in [-0.1, -0.05) is 12.1 Å². The van der Waals surface area contributed by atoms with Crippen LogP contribution in [-0.4, -0.2) is 102 Å². The van der Waals surface area contributed by atoms with Crippen LogP contribution in [0.5, 0.6) is 0 Å². The Bertz CT molecular complexity index is 1140. The molecule has 0 unspecified atom stereocenters. The van der Waals surface area contributed by atoms with Crippen molar-refractivity contribution >= 4 is 28.4 Å². The number of hydrogen-bond acceptors (Lipinski definition) is 8. The molecule has 13 heteroatoms. The standard InChI is InChI=1S/C19H23N5O5S.CH2O2/c1-21-7-9-22(10-8-21)19(26)18-15-11-23(12-17(25)29-2)30(27,28)16-6-4-3-5-14(16)24(15)13-20-18;2-1-3/h3-6,13H,7-12H2,1-2H3;1H,(H,2,3). The minimum absolute atomic E-state index is 0.0450. The second kappa shape index (κ2) is 10.1. The summed E-state index contributed by atoms with van der Waals surface area (Å²) < 4.78 is 33.8. The van der Waals surface area contributed by atoms with Crippen LogP contribution in [0.1, 0.15) is 16.2 Å². The van der Waals surface area contributed by atoms with Gasteiger partial charge in [-0.2, -0.15) is 4.31 Å². The quantitative estimate of drug-likeness (QED) is 0.461. The predicted molar refractivity (Wildman–Crippen MR) is 115 cm³/mol. The Hall–Kier alpha value is -3.29. The molecule has 0 spiro atoms. The van der Waals surface area contributed by atoms with Crippen LogP contribution in [0.4, 0.5) is 0 Å². The number of carbonyl (C=O) groups is 3. The number of amides is 1. The number of nitrogens with zero attached hydrogens (tertiary/aromatic N) is 5. The zero-order valence-electron chi connectivity index (χ0n) is 18.2. The highest BCUT2D eigenvalue weighted by atomic mass is 32.2. The number of methoxy groups -OCH3 is 1. The van der Waals surface area contributed by atoms with Crippen LogP contribution < -0.4 is 0 Å². The average Bonchev–Trinajstić information content (AvgIpc) is 3.19. The average molecular weight is 480 g/mol. The number of esters is 1. The van der Waals surface area contributed by atoms with Gasteiger partial charge in [0.2, 0.25) is 10.0 Å². The lowest BCUT2D eigenvalue weighted by Crippen LogP contribution is -2.47. The van der Waals surface area contributed by atoms with Gasteiger partial charge >= 0.3 is 5.97 Å². The van der Waals surface area contributed by atoms with Crippen molar-refractivity contribution in [2.75, 3.05) is 46.9 Å². The number of carbonyl (C=O) groups excluding carboxylic acids is 2. The van der Waals surface area contributed by atoms with Crippen LogP contribution in [0.3, 0.4) is 0 Å². The lowest BCUT2D eigenvalue weighted by molar-refractivity contribution is -0.140. The Morgan fingerprint density at radius 2 is 1.82 bits per heavy atom. The van der Waals surface area contributed by atoms with E-state index < -0.39 is 22.5 Å². The molecule has 33 heavy (non-hydrogen) atoms. The number of ether oxygens (including phenoxy) is 1. The van der Waals surface area contributed by atoms with Crippen molar-refractivity contribution in [1.29, 1.82) is 0 Å². The van der Waals surface area contributed by atoms with Gasteiger partial charge in [-0.25, -0.2) is 13.4 Å². The van der Waals surface area contributed by atoms with Gasteiger partial charge in [0.05, 0.1) is 25.0 Å². The second-order valence-electron chi connectivity index (χ2n) is 7.43. The van der Waals surface area contributed by atoms with E-state index in [1.807, 2.05) is 7.05 Å². The number of piperazine rings is 1. The van der Waals surface area contributed by atoms with Crippen LogP contribution in [-0.2, 0) is 30.9 Å². The topological polar surface area (TPSA) is 142 Å². The lowest BCUT2D eigenvalue weighted by atomic mass is 10.2. The van der Waals surface area contributed by atoms with Crippen molar-refractivity contribution in [2.45, 2.75) is 11.4 Å². The highest BCUT2D eigenvalue weighted by molar-refractivity contribution is 7.89. The first-order valence-corrected chi connectivity index (χ1v) is 11.5. The molecule has 1 aromatic heterocycles. The zero-order chi connectivity index (χ0) is 24.2. The maximum atomic E-state index is 13.2. The fourth-order valence-corrected chi connectivity index (χ4v) is 5.21. The molecule has 1 N–H and O–H groups in total. The third-order valence-corrected chi connectivity index (χ3v) is 7.30. The number of aromatic nitrogens is 2. The predicted octanol–water partition coefficient (Wildman–Crippen LogP) is -0.362. The third-order valence-electron chi connectivity index (χ3n) is 5.46. The second-order valence-corrected chi connectivity index (χ2v) is 9.33. The Balaban J connectivity index is 0.000000968. The van der Waals surface area contributed by atoms with Gasteiger partial charge in [0.1, 0.15) is 17.8 Å². The van der Waals surface area contributed by atoms with Gasteiger partial charge < -0.3 is 19.6 Å². The molecule has 2 aliphatic rings. The fraction of sp³-hybridized carbons (Fsp3) is 0.400. The molecule has 2 aromatic rings. The summed E-state index contributed by atoms with van der Waals surface area (Å²) in [5.74, 6) is -0.928. The fourth-order valence-electron chi connectivity index (χ4n) is 3.69. The number of rotatable bonds is 3. The lowest BCUT2D eigenvalue weighted by Gasteiger charge is -2.32. The number of fused-ring (bicyclic) bond motifs is 3. The summed E-state index contributed by atoms with van der Waals surface area (Å²) in [5.41, 5.74) is 1.02. The number of para-hydroxylation sites is 1. The molecule has 178 valence electrons. The SMILES string of the molecule is COC(=O)CN1Cc2c(C(=O)N3CCN(C)CC3)ncn2-c2ccccc2S1(=O)=O.O=CO. The maximum absolute atomic E-state index is 13.2. The number of benzene rings is 1. The molecule has 1 saturated heterocycles. The first-order chi connectivity index (χ1) is 15.7. The summed E-state index contributed by atoms with van der Waals surface area (Å²) in [6.45, 7) is 1.78. The van der Waals surface area contributed by atoms with Gasteiger partial charge in [0.15, 0.2) is 5.69 Å². The summed E-state index contributed by atoms with van der Waals surface area (Å²) in [6, 6.07) is 6.47. The summed E-state index contributed by atoms with van der Waals surface area (Å²) in [7, 11) is -0.786. The molecular formula is C20H25N5O7S. The van der Waals surface area contributed by atoms with Gasteiger partial charge in [0, 0.05) is 26.2 Å². The van der Waals surface area contributed by atoms with Crippen LogP contribution in [0.25, 0.3) is 5.69 Å². The van der Waals surface area contributed by atoms with Gasteiger partial charge in [0.25, 0.3) is 12.4 Å². The molecule has 1 aromatic carbocycles. The van der Waals surface area contributed by atoms with Crippen LogP contribution >= 0.6 is 0 Å². The first-order valence-electron chi connectivity index (χ1n) is 10.0. The molecular weight excluding hydrogens is 454 g/mol. The molecule has 1 fully saturated rings. The molecule has 0 atom stereocenters. The van der Waals surface area contributed by atoms with E-state index in [9.17, 15) is 18.0 Å². The molecule has 0 radical (unpaired) electrons. The molecule has 2 aliphatic heterocycles. The summed E-state index contributed by atoms with van der Waals surface area (Å²) in [5, 5.41) is 6.89. The summed E-state index contributed by atoms with van der Waals surface area (Å²) in [4.78, 5) is 41.7. The number of hydrogen-bond donors (Lipinski definition) is 1. The normalized spacial score (nSPS) is 17.6. The van der Waals surface area contributed by atoms with Crippen molar-refractivity contribution in [3.63, 3.8) is 0 Å². The maximum Gasteiger partial charge on any atom is 0.321 e. The monoisotopic (exact) mass is 479 g/mol. The van der Waals surface area contributed by atoms with Crippen molar-refractivity contribution in [2.24, 2.45) is 0 Å². The van der Waals surface area contributed by atoms with E-state index in [4.69, 9.17) is 9.90 Å². The molecule has 12 nitrogen and oxygen atoms in total. The minimum atomic E-state index is -3.98. The van der Waals surface area contributed by atoms with E-state index in [1.54, 1.807) is 27.7 Å². The van der Waals surface area contributed by atoms with Crippen LogP contribution in [0, 0.1) is 0 Å². The molecule has 0 bridgehead atoms. The molecule has 0 saturated carbocycles. The molecule has 1 amide bonds. The summed E-state index contributed by atoms with van der Waals surface area (Å²) >= 11 is 0. The first kappa shape index (κ1) is 24.4. The van der Waals surface area contributed by atoms with Crippen molar-refractivity contribution in [3.05, 3.63) is 42.0 Å². The minimum Gasteiger partial charge on any atom is -0.483 e. The van der Waals surface area contributed by atoms with E-state index in [0.29, 0.717) is 24.5 Å². The smallest absolute Gasteiger partial charge is 0.321 e. The van der Waals surface area contributed by atoms with Gasteiger partial charge in [-0.3, -0.25) is 19.0 Å². The Labute approximate surface area is 191 Å².